The van der Waals surface area contributed by atoms with Crippen LogP contribution in [0, 0.1) is 11.3 Å². The molecule has 0 aliphatic rings. The second-order valence-corrected chi connectivity index (χ2v) is 7.54. The average Bonchev–Trinajstić information content (AvgIpc) is 2.98. The molecule has 7 nitrogen and oxygen atoms in total. The third-order valence-electron chi connectivity index (χ3n) is 3.50. The molecule has 1 unspecified atom stereocenters. The Morgan fingerprint density at radius 1 is 1.33 bits per heavy atom. The second kappa shape index (κ2) is 8.84. The molecule has 0 N–H and O–H groups in total. The third kappa shape index (κ3) is 4.41. The number of hydroxylamine groups is 1. The Bertz CT molecular complexity index is 1040. The summed E-state index contributed by atoms with van der Waals surface area (Å²) < 4.78 is 78.0. The molecule has 1 heterocycles. The molecule has 0 aliphatic heterocycles. The molecule has 0 radical (unpaired) electrons. The lowest BCUT2D eigenvalue weighted by Gasteiger charge is -2.21. The first-order chi connectivity index (χ1) is 13.8. The van der Waals surface area contributed by atoms with Gasteiger partial charge in [-0.3, -0.25) is 9.63 Å². The summed E-state index contributed by atoms with van der Waals surface area (Å²) in [7, 11) is -2.21. The minimum Gasteiger partial charge on any atom is -0.272 e. The lowest BCUT2D eigenvalue weighted by molar-refractivity contribution is -0.137. The minimum absolute atomic E-state index is 0.369. The van der Waals surface area contributed by atoms with Crippen LogP contribution in [0.4, 0.5) is 27.8 Å². The van der Waals surface area contributed by atoms with Crippen molar-refractivity contribution in [2.75, 3.05) is 12.2 Å². The molecule has 0 fully saturated rings. The van der Waals surface area contributed by atoms with E-state index >= 15 is 0 Å². The number of nitrogens with zero attached hydrogens (tertiary/aromatic N) is 4. The van der Waals surface area contributed by atoms with E-state index in [1.165, 1.54) is 6.07 Å². The van der Waals surface area contributed by atoms with Crippen LogP contribution in [0.25, 0.3) is 5.69 Å². The fourth-order valence-corrected chi connectivity index (χ4v) is 3.82. The maximum atomic E-state index is 13.2. The molecule has 1 atom stereocenters. The van der Waals surface area contributed by atoms with Gasteiger partial charge in [0.1, 0.15) is 27.5 Å². The molecule has 0 saturated heterocycles. The van der Waals surface area contributed by atoms with Crippen LogP contribution in [0.2, 0.25) is 10.0 Å². The van der Waals surface area contributed by atoms with Gasteiger partial charge >= 0.3 is 11.9 Å². The maximum Gasteiger partial charge on any atom is 0.416 e. The molecule has 30 heavy (non-hydrogen) atoms. The van der Waals surface area contributed by atoms with E-state index in [9.17, 15) is 36.2 Å². The Morgan fingerprint density at radius 2 is 1.87 bits per heavy atom. The number of alkyl halides is 5. The van der Waals surface area contributed by atoms with E-state index in [-0.39, 0.29) is 0 Å². The van der Waals surface area contributed by atoms with Crippen molar-refractivity contribution in [3.05, 3.63) is 33.4 Å². The average molecular weight is 491 g/mol. The summed E-state index contributed by atoms with van der Waals surface area (Å²) in [6.45, 7) is 0.942. The zero-order valence-electron chi connectivity index (χ0n) is 14.8. The Balaban J connectivity index is 2.96. The number of rotatable bonds is 5. The monoisotopic (exact) mass is 490 g/mol. The molecular formula is C15H9Cl2F5N4O3S. The summed E-state index contributed by atoms with van der Waals surface area (Å²) in [6, 6.07) is 2.40. The second-order valence-electron chi connectivity index (χ2n) is 5.37. The predicted molar refractivity (Wildman–Crippen MR) is 95.9 cm³/mol. The van der Waals surface area contributed by atoms with Gasteiger partial charge in [0, 0.05) is 6.92 Å². The van der Waals surface area contributed by atoms with E-state index in [4.69, 9.17) is 28.0 Å². The van der Waals surface area contributed by atoms with Crippen LogP contribution >= 0.6 is 23.2 Å². The summed E-state index contributed by atoms with van der Waals surface area (Å²) in [5.41, 5.74) is -2.51. The van der Waals surface area contributed by atoms with Crippen molar-refractivity contribution in [1.29, 1.82) is 5.26 Å². The van der Waals surface area contributed by atoms with Crippen LogP contribution in [-0.2, 0) is 26.6 Å². The molecule has 2 aromatic rings. The lowest BCUT2D eigenvalue weighted by Crippen LogP contribution is -2.30. The molecule has 0 bridgehead atoms. The highest BCUT2D eigenvalue weighted by atomic mass is 35.5. The van der Waals surface area contributed by atoms with E-state index in [0.29, 0.717) is 21.9 Å². The van der Waals surface area contributed by atoms with Gasteiger partial charge in [0.25, 0.3) is 0 Å². The lowest BCUT2D eigenvalue weighted by atomic mass is 10.2. The van der Waals surface area contributed by atoms with Gasteiger partial charge in [0.15, 0.2) is 11.5 Å². The summed E-state index contributed by atoms with van der Waals surface area (Å²) in [5, 5.41) is 12.0. The van der Waals surface area contributed by atoms with Gasteiger partial charge in [0.05, 0.1) is 22.7 Å². The molecule has 0 saturated carbocycles. The fraction of sp³-hybridized carbons (Fsp3) is 0.267. The Kier molecular flexibility index (Phi) is 7.08. The fourth-order valence-electron chi connectivity index (χ4n) is 2.37. The number of carbonyl (C=O) groups excluding carboxylic acids is 1. The number of amides is 1. The Labute approximate surface area is 177 Å². The molecular weight excluding hydrogens is 482 g/mol. The molecule has 162 valence electrons. The van der Waals surface area contributed by atoms with Crippen LogP contribution in [-0.4, -0.2) is 32.8 Å². The van der Waals surface area contributed by atoms with Gasteiger partial charge < -0.3 is 0 Å². The van der Waals surface area contributed by atoms with E-state index in [0.717, 1.165) is 14.0 Å². The number of halogens is 7. The molecule has 0 spiro atoms. The van der Waals surface area contributed by atoms with E-state index in [1.807, 2.05) is 0 Å². The number of nitriles is 1. The number of benzene rings is 1. The van der Waals surface area contributed by atoms with Crippen molar-refractivity contribution in [3.8, 4) is 11.8 Å². The highest BCUT2D eigenvalue weighted by Crippen LogP contribution is 2.41. The van der Waals surface area contributed by atoms with Gasteiger partial charge in [-0.2, -0.15) is 37.4 Å². The number of carbonyl (C=O) groups is 1. The van der Waals surface area contributed by atoms with Gasteiger partial charge in [-0.25, -0.2) is 8.89 Å². The van der Waals surface area contributed by atoms with Crippen LogP contribution in [0.5, 0.6) is 0 Å². The van der Waals surface area contributed by atoms with Crippen molar-refractivity contribution < 1.29 is 35.8 Å². The summed E-state index contributed by atoms with van der Waals surface area (Å²) in [5.74, 6) is -5.14. The molecule has 15 heteroatoms. The standard InChI is InChI=1S/C15H9Cl2F5N4O3S/c1-6(27)26(29-2)13-12(30(28)14(18)19)10(5-23)24-25(13)11-8(16)3-7(4-9(11)17)15(20,21)22/h3-4,14H,1-2H3. The molecule has 2 rings (SSSR count). The van der Waals surface area contributed by atoms with Crippen molar-refractivity contribution in [1.82, 2.24) is 9.78 Å². The normalized spacial score (nSPS) is 12.7. The largest absolute Gasteiger partial charge is 0.416 e. The maximum absolute atomic E-state index is 13.2. The van der Waals surface area contributed by atoms with Gasteiger partial charge in [-0.05, 0) is 12.1 Å². The SMILES string of the molecule is CON(C(C)=O)c1c(S(=O)C(F)F)c(C#N)nn1-c1c(Cl)cc(C(F)(F)F)cc1Cl. The van der Waals surface area contributed by atoms with Crippen molar-refractivity contribution in [2.24, 2.45) is 0 Å². The van der Waals surface area contributed by atoms with Gasteiger partial charge in [-0.1, -0.05) is 23.2 Å². The topological polar surface area (TPSA) is 88.2 Å². The molecule has 1 amide bonds. The van der Waals surface area contributed by atoms with Crippen molar-refractivity contribution in [3.63, 3.8) is 0 Å². The summed E-state index contributed by atoms with van der Waals surface area (Å²) in [4.78, 5) is 15.9. The van der Waals surface area contributed by atoms with Crippen molar-refractivity contribution >= 4 is 45.7 Å². The number of hydrogen-bond donors (Lipinski definition) is 0. The quantitative estimate of drug-likeness (QED) is 0.460. The first-order valence-electron chi connectivity index (χ1n) is 7.48. The number of aromatic nitrogens is 2. The third-order valence-corrected chi connectivity index (χ3v) is 5.18. The van der Waals surface area contributed by atoms with E-state index in [2.05, 4.69) is 5.10 Å². The smallest absolute Gasteiger partial charge is 0.272 e. The predicted octanol–water partition coefficient (Wildman–Crippen LogP) is 4.31. The minimum atomic E-state index is -4.81. The Morgan fingerprint density at radius 3 is 2.23 bits per heavy atom. The highest BCUT2D eigenvalue weighted by Gasteiger charge is 2.36. The van der Waals surface area contributed by atoms with Crippen LogP contribution in [0.3, 0.4) is 0 Å². The first kappa shape index (κ1) is 24.0. The zero-order valence-corrected chi connectivity index (χ0v) is 17.1. The first-order valence-corrected chi connectivity index (χ1v) is 9.45. The van der Waals surface area contributed by atoms with Gasteiger partial charge in [0.2, 0.25) is 5.91 Å². The van der Waals surface area contributed by atoms with Crippen LogP contribution in [0.15, 0.2) is 17.0 Å². The summed E-state index contributed by atoms with van der Waals surface area (Å²) >= 11 is 11.9. The molecule has 0 aliphatic carbocycles. The van der Waals surface area contributed by atoms with Gasteiger partial charge in [-0.15, -0.1) is 0 Å². The number of hydrogen-bond acceptors (Lipinski definition) is 5. The van der Waals surface area contributed by atoms with E-state index < -0.39 is 66.3 Å². The zero-order chi connectivity index (χ0) is 23.0. The van der Waals surface area contributed by atoms with E-state index in [1.54, 1.807) is 0 Å². The summed E-state index contributed by atoms with van der Waals surface area (Å²) in [6.07, 6.45) is -4.81. The number of anilines is 1. The molecule has 1 aromatic carbocycles. The highest BCUT2D eigenvalue weighted by molar-refractivity contribution is 7.85. The van der Waals surface area contributed by atoms with Crippen LogP contribution in [0.1, 0.15) is 18.2 Å². The van der Waals surface area contributed by atoms with Crippen molar-refractivity contribution in [2.45, 2.75) is 23.8 Å². The van der Waals surface area contributed by atoms with Crippen LogP contribution < -0.4 is 5.06 Å². The Hall–Kier alpha value is -2.27. The molecule has 1 aromatic heterocycles.